The van der Waals surface area contributed by atoms with Gasteiger partial charge in [0.2, 0.25) is 10.8 Å². The molecule has 0 aliphatic carbocycles. The van der Waals surface area contributed by atoms with Crippen LogP contribution in [0.5, 0.6) is 5.88 Å². The first-order chi connectivity index (χ1) is 11.6. The maximum Gasteiger partial charge on any atom is 0.230 e. The second-order valence-corrected chi connectivity index (χ2v) is 7.28. The summed E-state index contributed by atoms with van der Waals surface area (Å²) >= 11 is 1.49. The first-order valence-electron chi connectivity index (χ1n) is 8.09. The van der Waals surface area contributed by atoms with Gasteiger partial charge in [0.25, 0.3) is 0 Å². The fourth-order valence-corrected chi connectivity index (χ4v) is 4.56. The topological polar surface area (TPSA) is 62.9 Å². The first kappa shape index (κ1) is 15.6. The van der Waals surface area contributed by atoms with Gasteiger partial charge in [0.05, 0.1) is 23.1 Å². The third-order valence-corrected chi connectivity index (χ3v) is 5.40. The molecule has 0 saturated carbocycles. The summed E-state index contributed by atoms with van der Waals surface area (Å²) in [6, 6.07) is 10.2. The van der Waals surface area contributed by atoms with Gasteiger partial charge in [-0.25, -0.2) is 4.98 Å². The highest BCUT2D eigenvalue weighted by Crippen LogP contribution is 2.40. The number of nitrogens with zero attached hydrogens (tertiary/aromatic N) is 4. The van der Waals surface area contributed by atoms with E-state index in [0.717, 1.165) is 23.5 Å². The molecule has 6 nitrogen and oxygen atoms in total. The average molecular weight is 344 g/mol. The molecular weight excluding hydrogens is 324 g/mol. The van der Waals surface area contributed by atoms with E-state index in [1.807, 2.05) is 18.2 Å². The lowest BCUT2D eigenvalue weighted by atomic mass is 10.0. The van der Waals surface area contributed by atoms with Crippen LogP contribution in [-0.2, 0) is 4.74 Å². The number of benzene rings is 1. The fraction of sp³-hybridized carbons (Fsp3) is 0.412. The molecule has 0 bridgehead atoms. The average Bonchev–Trinajstić information content (AvgIpc) is 3.12. The maximum absolute atomic E-state index is 10.7. The van der Waals surface area contributed by atoms with Crippen LogP contribution in [0.3, 0.4) is 0 Å². The van der Waals surface area contributed by atoms with Crippen molar-refractivity contribution in [1.29, 1.82) is 0 Å². The molecule has 3 aromatic rings. The van der Waals surface area contributed by atoms with Crippen LogP contribution in [-0.4, -0.2) is 49.9 Å². The van der Waals surface area contributed by atoms with E-state index in [1.165, 1.54) is 22.2 Å². The number of ether oxygens (including phenoxy) is 1. The molecule has 1 fully saturated rings. The van der Waals surface area contributed by atoms with Gasteiger partial charge in [-0.05, 0) is 19.4 Å². The van der Waals surface area contributed by atoms with E-state index < -0.39 is 0 Å². The quantitative estimate of drug-likeness (QED) is 0.791. The minimum atomic E-state index is -0.0338. The Hall–Kier alpha value is -1.96. The summed E-state index contributed by atoms with van der Waals surface area (Å²) in [6.07, 6.45) is 1.78. The van der Waals surface area contributed by atoms with Crippen molar-refractivity contribution in [2.45, 2.75) is 32.1 Å². The molecule has 7 heteroatoms. The molecule has 1 aliphatic heterocycles. The molecule has 3 heterocycles. The van der Waals surface area contributed by atoms with Gasteiger partial charge in [0.1, 0.15) is 6.33 Å². The number of aromatic hydroxyl groups is 1. The zero-order chi connectivity index (χ0) is 16.7. The van der Waals surface area contributed by atoms with Crippen LogP contribution in [0.15, 0.2) is 36.7 Å². The minimum absolute atomic E-state index is 0.0338. The number of thiazole rings is 1. The van der Waals surface area contributed by atoms with Crippen LogP contribution < -0.4 is 0 Å². The zero-order valence-corrected chi connectivity index (χ0v) is 14.5. The van der Waals surface area contributed by atoms with Crippen LogP contribution in [0.1, 0.15) is 30.3 Å². The summed E-state index contributed by atoms with van der Waals surface area (Å²) in [7, 11) is 0. The Morgan fingerprint density at radius 2 is 1.92 bits per heavy atom. The summed E-state index contributed by atoms with van der Waals surface area (Å²) in [5.41, 5.74) is 1.15. The lowest BCUT2D eigenvalue weighted by Gasteiger charge is -2.40. The summed E-state index contributed by atoms with van der Waals surface area (Å²) in [6.45, 7) is 5.81. The third-order valence-electron chi connectivity index (χ3n) is 4.32. The molecule has 1 aliphatic rings. The Balaban J connectivity index is 1.81. The second-order valence-electron chi connectivity index (χ2n) is 6.27. The van der Waals surface area contributed by atoms with Gasteiger partial charge in [0.15, 0.2) is 0 Å². The van der Waals surface area contributed by atoms with E-state index in [-0.39, 0.29) is 24.1 Å². The molecule has 1 N–H and O–H groups in total. The van der Waals surface area contributed by atoms with Crippen LogP contribution in [0, 0.1) is 0 Å². The number of hydrogen-bond acceptors (Lipinski definition) is 6. The van der Waals surface area contributed by atoms with Crippen molar-refractivity contribution in [3.05, 3.63) is 47.1 Å². The predicted octanol–water partition coefficient (Wildman–Crippen LogP) is 2.70. The van der Waals surface area contributed by atoms with Gasteiger partial charge < -0.3 is 9.84 Å². The van der Waals surface area contributed by atoms with Crippen LogP contribution >= 0.6 is 11.3 Å². The van der Waals surface area contributed by atoms with E-state index in [1.54, 1.807) is 0 Å². The molecule has 0 spiro atoms. The van der Waals surface area contributed by atoms with E-state index in [0.29, 0.717) is 4.96 Å². The number of aromatic nitrogens is 3. The van der Waals surface area contributed by atoms with Gasteiger partial charge in [-0.1, -0.05) is 41.7 Å². The summed E-state index contributed by atoms with van der Waals surface area (Å²) in [5, 5.41) is 14.8. The van der Waals surface area contributed by atoms with Crippen molar-refractivity contribution in [3.8, 4) is 5.88 Å². The van der Waals surface area contributed by atoms with Crippen LogP contribution in [0.4, 0.5) is 0 Å². The molecule has 0 amide bonds. The summed E-state index contributed by atoms with van der Waals surface area (Å²) < 4.78 is 7.39. The van der Waals surface area contributed by atoms with Gasteiger partial charge >= 0.3 is 0 Å². The molecule has 1 aromatic carbocycles. The van der Waals surface area contributed by atoms with E-state index in [2.05, 4.69) is 41.0 Å². The standard InChI is InChI=1S/C17H20N4O2S/c1-11-8-20(9-12(2)23-11)14(13-6-4-3-5-7-13)15-16(22)21-17(24-15)18-10-19-21/h3-7,10-12,14,22H,8-9H2,1-2H3/t11-,12-,14+/m1/s1. The smallest absolute Gasteiger partial charge is 0.230 e. The number of rotatable bonds is 3. The minimum Gasteiger partial charge on any atom is -0.492 e. The fourth-order valence-electron chi connectivity index (χ4n) is 3.46. The number of morpholine rings is 1. The van der Waals surface area contributed by atoms with Crippen molar-refractivity contribution in [3.63, 3.8) is 0 Å². The number of hydrogen-bond donors (Lipinski definition) is 1. The molecule has 1 saturated heterocycles. The largest absolute Gasteiger partial charge is 0.492 e. The first-order valence-corrected chi connectivity index (χ1v) is 8.91. The molecular formula is C17H20N4O2S. The van der Waals surface area contributed by atoms with Gasteiger partial charge in [-0.3, -0.25) is 4.90 Å². The zero-order valence-electron chi connectivity index (χ0n) is 13.7. The Kier molecular flexibility index (Phi) is 3.99. The Morgan fingerprint density at radius 3 is 2.58 bits per heavy atom. The lowest BCUT2D eigenvalue weighted by Crippen LogP contribution is -2.47. The predicted molar refractivity (Wildman–Crippen MR) is 92.4 cm³/mol. The maximum atomic E-state index is 10.7. The van der Waals surface area contributed by atoms with Crippen molar-refractivity contribution in [2.24, 2.45) is 0 Å². The highest BCUT2D eigenvalue weighted by atomic mass is 32.1. The summed E-state index contributed by atoms with van der Waals surface area (Å²) in [4.78, 5) is 8.17. The second kappa shape index (κ2) is 6.16. The summed E-state index contributed by atoms with van der Waals surface area (Å²) in [5.74, 6) is 0.174. The Morgan fingerprint density at radius 1 is 1.21 bits per heavy atom. The Bertz CT molecular complexity index is 822. The van der Waals surface area contributed by atoms with Gasteiger partial charge in [-0.2, -0.15) is 9.61 Å². The van der Waals surface area contributed by atoms with Crippen LogP contribution in [0.2, 0.25) is 0 Å². The van der Waals surface area contributed by atoms with Gasteiger partial charge in [-0.15, -0.1) is 0 Å². The lowest BCUT2D eigenvalue weighted by molar-refractivity contribution is -0.0764. The highest BCUT2D eigenvalue weighted by molar-refractivity contribution is 7.17. The van der Waals surface area contributed by atoms with Crippen molar-refractivity contribution in [2.75, 3.05) is 13.1 Å². The molecule has 126 valence electrons. The van der Waals surface area contributed by atoms with Crippen molar-refractivity contribution >= 4 is 16.3 Å². The highest BCUT2D eigenvalue weighted by Gasteiger charge is 2.33. The third kappa shape index (κ3) is 2.68. The molecule has 3 atom stereocenters. The molecule has 0 unspecified atom stereocenters. The van der Waals surface area contributed by atoms with Crippen molar-refractivity contribution in [1.82, 2.24) is 19.5 Å². The number of fused-ring (bicyclic) bond motifs is 1. The van der Waals surface area contributed by atoms with Gasteiger partial charge in [0, 0.05) is 13.1 Å². The van der Waals surface area contributed by atoms with E-state index >= 15 is 0 Å². The van der Waals surface area contributed by atoms with E-state index in [4.69, 9.17) is 4.74 Å². The molecule has 4 rings (SSSR count). The monoisotopic (exact) mass is 344 g/mol. The Labute approximate surface area is 144 Å². The van der Waals surface area contributed by atoms with Crippen LogP contribution in [0.25, 0.3) is 4.96 Å². The molecule has 24 heavy (non-hydrogen) atoms. The SMILES string of the molecule is C[C@@H]1CN([C@@H](c2ccccc2)c2sc3ncnn3c2O)C[C@@H](C)O1. The van der Waals surface area contributed by atoms with Crippen molar-refractivity contribution < 1.29 is 9.84 Å². The molecule has 2 aromatic heterocycles. The molecule has 0 radical (unpaired) electrons. The van der Waals surface area contributed by atoms with E-state index in [9.17, 15) is 5.11 Å². The normalized spacial score (nSPS) is 23.6.